The van der Waals surface area contributed by atoms with Gasteiger partial charge < -0.3 is 14.8 Å². The first kappa shape index (κ1) is 13.6. The summed E-state index contributed by atoms with van der Waals surface area (Å²) in [5, 5.41) is 4.75. The van der Waals surface area contributed by atoms with Gasteiger partial charge in [-0.3, -0.25) is 4.79 Å². The van der Waals surface area contributed by atoms with E-state index in [1.165, 1.54) is 11.3 Å². The van der Waals surface area contributed by atoms with E-state index in [0.717, 1.165) is 4.88 Å². The monoisotopic (exact) mass is 295 g/mol. The first-order chi connectivity index (χ1) is 9.33. The second-order valence-corrected chi connectivity index (χ2v) is 7.28. The summed E-state index contributed by atoms with van der Waals surface area (Å²) < 4.78 is 11.3. The highest BCUT2D eigenvalue weighted by Gasteiger charge is 2.63. The van der Waals surface area contributed by atoms with E-state index in [2.05, 4.69) is 5.32 Å². The predicted molar refractivity (Wildman–Crippen MR) is 73.0 cm³/mol. The number of rotatable bonds is 1. The van der Waals surface area contributed by atoms with Crippen LogP contribution in [0.2, 0.25) is 0 Å². The van der Waals surface area contributed by atoms with Crippen LogP contribution in [-0.4, -0.2) is 23.8 Å². The fourth-order valence-corrected chi connectivity index (χ4v) is 3.40. The summed E-state index contributed by atoms with van der Waals surface area (Å²) in [4.78, 5) is 25.1. The number of hydrogen-bond donors (Lipinski definition) is 1. The molecule has 3 atom stereocenters. The van der Waals surface area contributed by atoms with E-state index in [1.54, 1.807) is 0 Å². The lowest BCUT2D eigenvalue weighted by molar-refractivity contribution is -0.156. The summed E-state index contributed by atoms with van der Waals surface area (Å²) in [6.07, 6.45) is -0.619. The lowest BCUT2D eigenvalue weighted by Crippen LogP contribution is -2.42. The third-order valence-corrected chi connectivity index (χ3v) is 4.54. The second-order valence-electron chi connectivity index (χ2n) is 6.30. The summed E-state index contributed by atoms with van der Waals surface area (Å²) in [5.41, 5.74) is -1.55. The van der Waals surface area contributed by atoms with Crippen LogP contribution in [-0.2, 0) is 19.1 Å². The Labute approximate surface area is 121 Å². The molecule has 2 aliphatic heterocycles. The molecule has 1 aromatic rings. The van der Waals surface area contributed by atoms with E-state index in [9.17, 15) is 9.59 Å². The number of carbonyl (C=O) groups excluding carboxylic acids is 2. The Morgan fingerprint density at radius 3 is 2.70 bits per heavy atom. The van der Waals surface area contributed by atoms with Crippen LogP contribution in [0.15, 0.2) is 17.5 Å². The molecule has 0 aromatic carbocycles. The number of esters is 1. The lowest BCUT2D eigenvalue weighted by Gasteiger charge is -2.28. The number of cyclic esters (lactones) is 1. The second kappa shape index (κ2) is 4.30. The standard InChI is InChI=1S/C14H17NO4S/c1-13(2,3)12-18-11(17)14(19-12)7-9(16)15-10(14)8-5-4-6-20-8/h4-6,10,12H,7H2,1-3H3,(H,15,16). The molecular weight excluding hydrogens is 278 g/mol. The Kier molecular flexibility index (Phi) is 2.92. The zero-order valence-electron chi connectivity index (χ0n) is 11.6. The molecule has 0 saturated carbocycles. The summed E-state index contributed by atoms with van der Waals surface area (Å²) in [7, 11) is 0. The molecule has 2 fully saturated rings. The molecule has 0 bridgehead atoms. The highest BCUT2D eigenvalue weighted by atomic mass is 32.1. The average Bonchev–Trinajstić information content (AvgIpc) is 3.00. The van der Waals surface area contributed by atoms with Crippen molar-refractivity contribution in [3.8, 4) is 0 Å². The topological polar surface area (TPSA) is 64.6 Å². The molecule has 20 heavy (non-hydrogen) atoms. The number of hydrogen-bond acceptors (Lipinski definition) is 5. The van der Waals surface area contributed by atoms with E-state index in [0.29, 0.717) is 0 Å². The van der Waals surface area contributed by atoms with Gasteiger partial charge in [0.2, 0.25) is 17.8 Å². The van der Waals surface area contributed by atoms with Gasteiger partial charge >= 0.3 is 5.97 Å². The largest absolute Gasteiger partial charge is 0.433 e. The maximum atomic E-state index is 12.4. The van der Waals surface area contributed by atoms with Crippen molar-refractivity contribution in [2.24, 2.45) is 5.41 Å². The number of amides is 1. The van der Waals surface area contributed by atoms with E-state index < -0.39 is 23.9 Å². The summed E-state index contributed by atoms with van der Waals surface area (Å²) in [6, 6.07) is 3.32. The molecule has 5 nitrogen and oxygen atoms in total. The molecule has 3 rings (SSSR count). The van der Waals surface area contributed by atoms with Crippen molar-refractivity contribution in [3.63, 3.8) is 0 Å². The van der Waals surface area contributed by atoms with Crippen LogP contribution in [0, 0.1) is 5.41 Å². The fourth-order valence-electron chi connectivity index (χ4n) is 2.54. The quantitative estimate of drug-likeness (QED) is 0.805. The normalized spacial score (nSPS) is 33.5. The molecule has 3 unspecified atom stereocenters. The molecule has 3 heterocycles. The Hall–Kier alpha value is -1.40. The van der Waals surface area contributed by atoms with Gasteiger partial charge in [-0.1, -0.05) is 26.8 Å². The smallest absolute Gasteiger partial charge is 0.344 e. The van der Waals surface area contributed by atoms with Gasteiger partial charge in [0.15, 0.2) is 0 Å². The van der Waals surface area contributed by atoms with Crippen LogP contribution in [0.3, 0.4) is 0 Å². The van der Waals surface area contributed by atoms with E-state index >= 15 is 0 Å². The van der Waals surface area contributed by atoms with Gasteiger partial charge in [-0.25, -0.2) is 4.79 Å². The van der Waals surface area contributed by atoms with Gasteiger partial charge in [-0.15, -0.1) is 11.3 Å². The third-order valence-electron chi connectivity index (χ3n) is 3.61. The van der Waals surface area contributed by atoms with Crippen LogP contribution in [0.4, 0.5) is 0 Å². The Morgan fingerprint density at radius 1 is 1.40 bits per heavy atom. The van der Waals surface area contributed by atoms with Crippen molar-refractivity contribution in [2.45, 2.75) is 45.1 Å². The Bertz CT molecular complexity index is 548. The molecular formula is C14H17NO4S. The van der Waals surface area contributed by atoms with Gasteiger partial charge in [0.1, 0.15) is 6.04 Å². The van der Waals surface area contributed by atoms with E-state index in [1.807, 2.05) is 38.3 Å². The number of thiophene rings is 1. The van der Waals surface area contributed by atoms with E-state index in [-0.39, 0.29) is 17.7 Å². The lowest BCUT2D eigenvalue weighted by atomic mass is 9.93. The molecule has 0 radical (unpaired) electrons. The predicted octanol–water partition coefficient (Wildman–Crippen LogP) is 1.99. The van der Waals surface area contributed by atoms with Gasteiger partial charge in [-0.2, -0.15) is 0 Å². The molecule has 1 amide bonds. The van der Waals surface area contributed by atoms with Crippen molar-refractivity contribution < 1.29 is 19.1 Å². The zero-order chi connectivity index (χ0) is 14.5. The molecule has 1 aromatic heterocycles. The Balaban J connectivity index is 1.98. The maximum Gasteiger partial charge on any atom is 0.344 e. The van der Waals surface area contributed by atoms with Crippen molar-refractivity contribution in [1.29, 1.82) is 0 Å². The SMILES string of the molecule is CC(C)(C)C1OC(=O)C2(CC(=O)NC2c2cccs2)O1. The minimum Gasteiger partial charge on any atom is -0.433 e. The van der Waals surface area contributed by atoms with Gasteiger partial charge in [0.05, 0.1) is 6.42 Å². The van der Waals surface area contributed by atoms with Gasteiger partial charge in [0, 0.05) is 10.3 Å². The van der Waals surface area contributed by atoms with Crippen LogP contribution < -0.4 is 5.32 Å². The minimum absolute atomic E-state index is 0.0149. The highest BCUT2D eigenvalue weighted by molar-refractivity contribution is 7.10. The molecule has 2 saturated heterocycles. The van der Waals surface area contributed by atoms with Crippen LogP contribution >= 0.6 is 11.3 Å². The average molecular weight is 295 g/mol. The first-order valence-electron chi connectivity index (χ1n) is 6.54. The first-order valence-corrected chi connectivity index (χ1v) is 7.42. The number of ether oxygens (including phenoxy) is 2. The highest BCUT2D eigenvalue weighted by Crippen LogP contribution is 2.47. The molecule has 1 spiro atoms. The van der Waals surface area contributed by atoms with Gasteiger partial charge in [0.25, 0.3) is 0 Å². The number of carbonyl (C=O) groups is 2. The van der Waals surface area contributed by atoms with Crippen molar-refractivity contribution in [2.75, 3.05) is 0 Å². The van der Waals surface area contributed by atoms with Crippen LogP contribution in [0.1, 0.15) is 38.1 Å². The van der Waals surface area contributed by atoms with Crippen LogP contribution in [0.25, 0.3) is 0 Å². The van der Waals surface area contributed by atoms with Crippen LogP contribution in [0.5, 0.6) is 0 Å². The molecule has 1 N–H and O–H groups in total. The summed E-state index contributed by atoms with van der Waals surface area (Å²) in [5.74, 6) is -0.635. The molecule has 108 valence electrons. The number of nitrogens with one attached hydrogen (secondary N) is 1. The zero-order valence-corrected chi connectivity index (χ0v) is 12.5. The molecule has 2 aliphatic rings. The molecule has 0 aliphatic carbocycles. The maximum absolute atomic E-state index is 12.4. The molecule has 6 heteroatoms. The minimum atomic E-state index is -1.22. The van der Waals surface area contributed by atoms with Gasteiger partial charge in [-0.05, 0) is 11.4 Å². The van der Waals surface area contributed by atoms with Crippen molar-refractivity contribution in [3.05, 3.63) is 22.4 Å². The van der Waals surface area contributed by atoms with Crippen molar-refractivity contribution >= 4 is 23.2 Å². The van der Waals surface area contributed by atoms with Crippen molar-refractivity contribution in [1.82, 2.24) is 5.32 Å². The summed E-state index contributed by atoms with van der Waals surface area (Å²) >= 11 is 1.49. The van der Waals surface area contributed by atoms with E-state index in [4.69, 9.17) is 9.47 Å². The Morgan fingerprint density at radius 2 is 2.15 bits per heavy atom. The fraction of sp³-hybridized carbons (Fsp3) is 0.571. The third kappa shape index (κ3) is 1.94. The summed E-state index contributed by atoms with van der Waals surface area (Å²) in [6.45, 7) is 5.82.